The molecule has 1 heterocycles. The third-order valence-electron chi connectivity index (χ3n) is 2.97. The fourth-order valence-electron chi connectivity index (χ4n) is 1.94. The van der Waals surface area contributed by atoms with E-state index in [1.54, 1.807) is 24.3 Å². The van der Waals surface area contributed by atoms with Gasteiger partial charge in [-0.2, -0.15) is 4.98 Å². The number of nitrogen functional groups attached to an aromatic ring is 1. The number of aromatic nitrogens is 2. The Morgan fingerprint density at radius 2 is 2.00 bits per heavy atom. The monoisotopic (exact) mass is 285 g/mol. The standard InChI is InChI=1S/C15H12FN3O2/c1-20-13-6-5-10(8-12(13)16)15-18-14(19-21-15)9-3-2-4-11(17)7-9/h2-8H,17H2,1H3. The fourth-order valence-corrected chi connectivity index (χ4v) is 1.94. The average Bonchev–Trinajstić information content (AvgIpc) is 2.97. The Morgan fingerprint density at radius 1 is 1.14 bits per heavy atom. The van der Waals surface area contributed by atoms with Gasteiger partial charge in [-0.05, 0) is 30.3 Å². The van der Waals surface area contributed by atoms with Gasteiger partial charge in [0.1, 0.15) is 0 Å². The van der Waals surface area contributed by atoms with Crippen molar-refractivity contribution in [3.8, 4) is 28.6 Å². The smallest absolute Gasteiger partial charge is 0.258 e. The van der Waals surface area contributed by atoms with Crippen molar-refractivity contribution in [3.63, 3.8) is 0 Å². The first kappa shape index (κ1) is 13.1. The molecular formula is C15H12FN3O2. The summed E-state index contributed by atoms with van der Waals surface area (Å²) in [4.78, 5) is 4.25. The minimum absolute atomic E-state index is 0.161. The van der Waals surface area contributed by atoms with E-state index in [0.29, 0.717) is 17.1 Å². The van der Waals surface area contributed by atoms with Crippen LogP contribution in [0.1, 0.15) is 0 Å². The van der Waals surface area contributed by atoms with E-state index in [0.717, 1.165) is 5.56 Å². The highest BCUT2D eigenvalue weighted by Crippen LogP contribution is 2.26. The van der Waals surface area contributed by atoms with Crippen molar-refractivity contribution >= 4 is 5.69 Å². The van der Waals surface area contributed by atoms with Crippen molar-refractivity contribution in [2.45, 2.75) is 0 Å². The Labute approximate surface area is 120 Å². The number of ether oxygens (including phenoxy) is 1. The predicted octanol–water partition coefficient (Wildman–Crippen LogP) is 3.13. The third kappa shape index (κ3) is 2.55. The van der Waals surface area contributed by atoms with Crippen LogP contribution in [0.15, 0.2) is 47.0 Å². The molecule has 0 fully saturated rings. The van der Waals surface area contributed by atoms with E-state index in [1.807, 2.05) is 6.07 Å². The lowest BCUT2D eigenvalue weighted by molar-refractivity contribution is 0.386. The molecule has 5 nitrogen and oxygen atoms in total. The number of benzene rings is 2. The van der Waals surface area contributed by atoms with E-state index in [9.17, 15) is 4.39 Å². The molecule has 0 aliphatic carbocycles. The molecule has 6 heteroatoms. The second-order valence-corrected chi connectivity index (χ2v) is 4.40. The summed E-state index contributed by atoms with van der Waals surface area (Å²) >= 11 is 0. The minimum Gasteiger partial charge on any atom is -0.494 e. The summed E-state index contributed by atoms with van der Waals surface area (Å²) in [5.74, 6) is 0.301. The number of hydrogen-bond donors (Lipinski definition) is 1. The first-order valence-corrected chi connectivity index (χ1v) is 6.21. The van der Waals surface area contributed by atoms with Crippen molar-refractivity contribution in [1.82, 2.24) is 10.1 Å². The number of nitrogens with zero attached hydrogens (tertiary/aromatic N) is 2. The Hall–Kier alpha value is -2.89. The van der Waals surface area contributed by atoms with Crippen LogP contribution in [0.2, 0.25) is 0 Å². The maximum absolute atomic E-state index is 13.7. The number of nitrogens with two attached hydrogens (primary N) is 1. The number of anilines is 1. The molecule has 0 saturated carbocycles. The van der Waals surface area contributed by atoms with E-state index in [4.69, 9.17) is 15.0 Å². The van der Waals surface area contributed by atoms with Gasteiger partial charge in [0, 0.05) is 16.8 Å². The second kappa shape index (κ2) is 5.24. The van der Waals surface area contributed by atoms with Crippen LogP contribution in [0.3, 0.4) is 0 Å². The summed E-state index contributed by atoms with van der Waals surface area (Å²) in [7, 11) is 1.41. The van der Waals surface area contributed by atoms with Gasteiger partial charge in [0.2, 0.25) is 5.82 Å². The lowest BCUT2D eigenvalue weighted by Gasteiger charge is -2.01. The largest absolute Gasteiger partial charge is 0.494 e. The first-order chi connectivity index (χ1) is 10.2. The maximum atomic E-state index is 13.7. The van der Waals surface area contributed by atoms with Gasteiger partial charge in [-0.25, -0.2) is 4.39 Å². The summed E-state index contributed by atoms with van der Waals surface area (Å²) in [5, 5.41) is 3.88. The van der Waals surface area contributed by atoms with Gasteiger partial charge in [-0.15, -0.1) is 0 Å². The summed E-state index contributed by atoms with van der Waals surface area (Å²) in [6.45, 7) is 0. The summed E-state index contributed by atoms with van der Waals surface area (Å²) in [5.41, 5.74) is 7.54. The maximum Gasteiger partial charge on any atom is 0.258 e. The van der Waals surface area contributed by atoms with Gasteiger partial charge < -0.3 is 15.0 Å². The van der Waals surface area contributed by atoms with E-state index in [2.05, 4.69) is 10.1 Å². The fraction of sp³-hybridized carbons (Fsp3) is 0.0667. The highest BCUT2D eigenvalue weighted by atomic mass is 19.1. The van der Waals surface area contributed by atoms with Gasteiger partial charge in [0.25, 0.3) is 5.89 Å². The molecule has 106 valence electrons. The predicted molar refractivity (Wildman–Crippen MR) is 76.1 cm³/mol. The highest BCUT2D eigenvalue weighted by molar-refractivity contribution is 5.63. The van der Waals surface area contributed by atoms with Crippen LogP contribution in [0, 0.1) is 5.82 Å². The van der Waals surface area contributed by atoms with Crippen LogP contribution in [0.25, 0.3) is 22.8 Å². The van der Waals surface area contributed by atoms with Crippen LogP contribution < -0.4 is 10.5 Å². The lowest BCUT2D eigenvalue weighted by Crippen LogP contribution is -1.89. The normalized spacial score (nSPS) is 10.6. The van der Waals surface area contributed by atoms with Gasteiger partial charge in [-0.1, -0.05) is 17.3 Å². The van der Waals surface area contributed by atoms with Gasteiger partial charge in [0.15, 0.2) is 11.6 Å². The average molecular weight is 285 g/mol. The van der Waals surface area contributed by atoms with Crippen molar-refractivity contribution in [1.29, 1.82) is 0 Å². The van der Waals surface area contributed by atoms with E-state index < -0.39 is 5.82 Å². The van der Waals surface area contributed by atoms with Crippen molar-refractivity contribution in [3.05, 3.63) is 48.3 Å². The Morgan fingerprint density at radius 3 is 2.71 bits per heavy atom. The number of rotatable bonds is 3. The zero-order valence-electron chi connectivity index (χ0n) is 11.2. The molecule has 0 amide bonds. The molecule has 2 N–H and O–H groups in total. The molecule has 0 aliphatic heterocycles. The molecule has 0 unspecified atom stereocenters. The van der Waals surface area contributed by atoms with Gasteiger partial charge in [-0.3, -0.25) is 0 Å². The molecule has 0 aliphatic rings. The summed E-state index contributed by atoms with van der Waals surface area (Å²) < 4.78 is 23.7. The Kier molecular flexibility index (Phi) is 3.27. The SMILES string of the molecule is COc1ccc(-c2nc(-c3cccc(N)c3)no2)cc1F. The Bertz CT molecular complexity index is 786. The second-order valence-electron chi connectivity index (χ2n) is 4.40. The molecular weight excluding hydrogens is 273 g/mol. The molecule has 0 radical (unpaired) electrons. The van der Waals surface area contributed by atoms with Crippen LogP contribution in [-0.2, 0) is 0 Å². The zero-order chi connectivity index (χ0) is 14.8. The van der Waals surface area contributed by atoms with Gasteiger partial charge in [0.05, 0.1) is 7.11 Å². The van der Waals surface area contributed by atoms with Crippen LogP contribution in [0.5, 0.6) is 5.75 Å². The first-order valence-electron chi connectivity index (χ1n) is 6.21. The number of methoxy groups -OCH3 is 1. The topological polar surface area (TPSA) is 74.2 Å². The molecule has 21 heavy (non-hydrogen) atoms. The molecule has 0 bridgehead atoms. The summed E-state index contributed by atoms with van der Waals surface area (Å²) in [6, 6.07) is 11.6. The number of hydrogen-bond acceptors (Lipinski definition) is 5. The molecule has 0 spiro atoms. The molecule has 3 aromatic rings. The van der Waals surface area contributed by atoms with E-state index in [1.165, 1.54) is 19.2 Å². The van der Waals surface area contributed by atoms with Crippen molar-refractivity contribution < 1.29 is 13.7 Å². The van der Waals surface area contributed by atoms with Crippen molar-refractivity contribution in [2.75, 3.05) is 12.8 Å². The molecule has 1 aromatic heterocycles. The van der Waals surface area contributed by atoms with Gasteiger partial charge >= 0.3 is 0 Å². The quantitative estimate of drug-likeness (QED) is 0.748. The molecule has 3 rings (SSSR count). The van der Waals surface area contributed by atoms with Crippen LogP contribution in [0.4, 0.5) is 10.1 Å². The Balaban J connectivity index is 1.96. The highest BCUT2D eigenvalue weighted by Gasteiger charge is 2.13. The molecule has 0 atom stereocenters. The van der Waals surface area contributed by atoms with Crippen molar-refractivity contribution in [2.24, 2.45) is 0 Å². The zero-order valence-corrected chi connectivity index (χ0v) is 11.2. The number of halogens is 1. The third-order valence-corrected chi connectivity index (χ3v) is 2.97. The molecule has 2 aromatic carbocycles. The minimum atomic E-state index is -0.487. The van der Waals surface area contributed by atoms with E-state index >= 15 is 0 Å². The lowest BCUT2D eigenvalue weighted by atomic mass is 10.2. The summed E-state index contributed by atoms with van der Waals surface area (Å²) in [6.07, 6.45) is 0. The molecule has 0 saturated heterocycles. The van der Waals surface area contributed by atoms with Crippen LogP contribution >= 0.6 is 0 Å². The van der Waals surface area contributed by atoms with E-state index in [-0.39, 0.29) is 11.6 Å². The van der Waals surface area contributed by atoms with Crippen LogP contribution in [-0.4, -0.2) is 17.3 Å².